The summed E-state index contributed by atoms with van der Waals surface area (Å²) in [5.74, 6) is 3.48. The van der Waals surface area contributed by atoms with Gasteiger partial charge in [0.25, 0.3) is 0 Å². The Morgan fingerprint density at radius 3 is 2.38 bits per heavy atom. The van der Waals surface area contributed by atoms with Crippen LogP contribution in [0.25, 0.3) is 0 Å². The molecule has 7 heteroatoms. The van der Waals surface area contributed by atoms with Crippen LogP contribution in [0.1, 0.15) is 12.8 Å². The third-order valence-electron chi connectivity index (χ3n) is 1.40. The molecule has 0 bridgehead atoms. The van der Waals surface area contributed by atoms with Gasteiger partial charge in [-0.1, -0.05) is 0 Å². The normalized spacial score (nSPS) is 11.2. The van der Waals surface area contributed by atoms with Crippen LogP contribution in [0.15, 0.2) is 0 Å². The number of rotatable bonds is 5. The summed E-state index contributed by atoms with van der Waals surface area (Å²) in [6.07, 6.45) is -0.0687. The minimum atomic E-state index is -1.20. The number of hydrazine groups is 1. The molecule has 4 N–H and O–H groups in total. The van der Waals surface area contributed by atoms with Gasteiger partial charge >= 0.3 is 29.6 Å². The number of carbonyl (C=O) groups is 2. The first kappa shape index (κ1) is 15.3. The van der Waals surface area contributed by atoms with Crippen molar-refractivity contribution in [3.05, 3.63) is 0 Å². The molecule has 0 fully saturated rings. The van der Waals surface area contributed by atoms with E-state index in [0.29, 0.717) is 0 Å². The minimum Gasteiger partial charge on any atom is -0.550 e. The van der Waals surface area contributed by atoms with E-state index in [1.54, 1.807) is 0 Å². The molecule has 0 radical (unpaired) electrons. The Kier molecular flexibility index (Phi) is 9.98. The predicted octanol–water partition coefficient (Wildman–Crippen LogP) is -5.90. The van der Waals surface area contributed by atoms with Gasteiger partial charge in [0.05, 0.1) is 0 Å². The third kappa shape index (κ3) is 6.97. The number of nitrogens with one attached hydrogen (secondary N) is 2. The largest absolute Gasteiger partial charge is 1.00 e. The molecular weight excluding hydrogens is 185 g/mol. The van der Waals surface area contributed by atoms with E-state index in [4.69, 9.17) is 5.84 Å². The van der Waals surface area contributed by atoms with Crippen LogP contribution in [0.5, 0.6) is 0 Å². The van der Waals surface area contributed by atoms with Gasteiger partial charge in [-0.25, -0.2) is 5.43 Å². The maximum absolute atomic E-state index is 10.9. The van der Waals surface area contributed by atoms with E-state index in [9.17, 15) is 14.7 Å². The quantitative estimate of drug-likeness (QED) is 0.231. The Morgan fingerprint density at radius 2 is 2.08 bits per heavy atom. The Hall–Kier alpha value is -0.140. The zero-order valence-electron chi connectivity index (χ0n) is 7.79. The molecule has 0 rings (SSSR count). The summed E-state index contributed by atoms with van der Waals surface area (Å²) in [5, 5.41) is 12.4. The zero-order valence-corrected chi connectivity index (χ0v) is 9.79. The summed E-state index contributed by atoms with van der Waals surface area (Å²) < 4.78 is 0. The molecule has 0 saturated carbocycles. The number of carboxylic acids is 1. The number of hydrogen-bond acceptors (Lipinski definition) is 5. The van der Waals surface area contributed by atoms with Crippen LogP contribution >= 0.6 is 0 Å². The van der Waals surface area contributed by atoms with E-state index in [1.165, 1.54) is 7.05 Å². The fourth-order valence-corrected chi connectivity index (χ4v) is 0.727. The number of carbonyl (C=O) groups excluding carboxylic acids is 2. The number of carboxylic acid groups (broad SMARTS) is 1. The first-order valence-corrected chi connectivity index (χ1v) is 3.49. The number of hydrogen-bond donors (Lipinski definition) is 3. The van der Waals surface area contributed by atoms with Crippen molar-refractivity contribution in [3.63, 3.8) is 0 Å². The summed E-state index contributed by atoms with van der Waals surface area (Å²) in [7, 11) is 1.45. The second kappa shape index (κ2) is 8.46. The Labute approximate surface area is 98.5 Å². The molecule has 70 valence electrons. The van der Waals surface area contributed by atoms with Crippen molar-refractivity contribution in [1.82, 2.24) is 10.7 Å². The Balaban J connectivity index is 0. The van der Waals surface area contributed by atoms with Crippen LogP contribution in [0.2, 0.25) is 0 Å². The molecule has 1 atom stereocenters. The van der Waals surface area contributed by atoms with Gasteiger partial charge in [0.2, 0.25) is 5.91 Å². The summed E-state index contributed by atoms with van der Waals surface area (Å²) in [6, 6.07) is -0.673. The summed E-state index contributed by atoms with van der Waals surface area (Å²) in [4.78, 5) is 20.9. The van der Waals surface area contributed by atoms with Gasteiger partial charge in [0, 0.05) is 13.0 Å². The van der Waals surface area contributed by atoms with Crippen LogP contribution in [-0.4, -0.2) is 25.0 Å². The van der Waals surface area contributed by atoms with Crippen LogP contribution in [0.4, 0.5) is 0 Å². The average molecular weight is 197 g/mol. The number of nitrogens with two attached hydrogens (primary N) is 1. The molecule has 0 saturated heterocycles. The first-order chi connectivity index (χ1) is 5.61. The molecule has 13 heavy (non-hydrogen) atoms. The fourth-order valence-electron chi connectivity index (χ4n) is 0.727. The minimum absolute atomic E-state index is 0. The first-order valence-electron chi connectivity index (χ1n) is 3.49. The monoisotopic (exact) mass is 197 g/mol. The van der Waals surface area contributed by atoms with Gasteiger partial charge in [-0.2, -0.15) is 0 Å². The van der Waals surface area contributed by atoms with E-state index in [0.717, 1.165) is 0 Å². The van der Waals surface area contributed by atoms with Crippen molar-refractivity contribution in [1.29, 1.82) is 0 Å². The van der Waals surface area contributed by atoms with Crippen molar-refractivity contribution in [2.75, 3.05) is 7.05 Å². The SMILES string of the molecule is CNC(=O)C(CCC(=O)[O-])NN.[Na+]. The van der Waals surface area contributed by atoms with Crippen LogP contribution < -0.4 is 51.2 Å². The standard InChI is InChI=1S/C6H13N3O3.Na/c1-8-6(12)4(9-7)2-3-5(10)11;/h4,9H,2-3,7H2,1H3,(H,8,12)(H,10,11);/q;+1/p-1. The molecule has 0 aliphatic carbocycles. The van der Waals surface area contributed by atoms with Crippen LogP contribution in [-0.2, 0) is 9.59 Å². The van der Waals surface area contributed by atoms with Crippen molar-refractivity contribution < 1.29 is 44.3 Å². The van der Waals surface area contributed by atoms with E-state index in [-0.39, 0.29) is 48.3 Å². The van der Waals surface area contributed by atoms with E-state index < -0.39 is 12.0 Å². The molecule has 1 amide bonds. The molecule has 0 spiro atoms. The number of aliphatic carboxylic acids is 1. The molecule has 0 heterocycles. The molecule has 1 unspecified atom stereocenters. The van der Waals surface area contributed by atoms with Crippen molar-refractivity contribution >= 4 is 11.9 Å². The summed E-state index contributed by atoms with van der Waals surface area (Å²) in [6.45, 7) is 0. The van der Waals surface area contributed by atoms with Gasteiger partial charge in [0.1, 0.15) is 6.04 Å². The second-order valence-electron chi connectivity index (χ2n) is 2.24. The topological polar surface area (TPSA) is 107 Å². The van der Waals surface area contributed by atoms with E-state index in [2.05, 4.69) is 10.7 Å². The van der Waals surface area contributed by atoms with E-state index in [1.807, 2.05) is 0 Å². The number of amides is 1. The van der Waals surface area contributed by atoms with Gasteiger partial charge in [-0.15, -0.1) is 0 Å². The Morgan fingerprint density at radius 1 is 1.54 bits per heavy atom. The summed E-state index contributed by atoms with van der Waals surface area (Å²) >= 11 is 0. The van der Waals surface area contributed by atoms with Gasteiger partial charge < -0.3 is 15.2 Å². The van der Waals surface area contributed by atoms with Gasteiger partial charge in [0.15, 0.2) is 0 Å². The predicted molar refractivity (Wildman–Crippen MR) is 39.4 cm³/mol. The van der Waals surface area contributed by atoms with Crippen molar-refractivity contribution in [2.45, 2.75) is 18.9 Å². The van der Waals surface area contributed by atoms with Gasteiger partial charge in [-0.3, -0.25) is 10.6 Å². The third-order valence-corrected chi connectivity index (χ3v) is 1.40. The molecular formula is C6H12N3NaO3. The second-order valence-corrected chi connectivity index (χ2v) is 2.24. The Bertz CT molecular complexity index is 177. The van der Waals surface area contributed by atoms with Crippen molar-refractivity contribution in [3.8, 4) is 0 Å². The van der Waals surface area contributed by atoms with Crippen molar-refractivity contribution in [2.24, 2.45) is 5.84 Å². The molecule has 0 aliphatic rings. The number of likely N-dealkylation sites (N-methyl/N-ethyl adjacent to an activating group) is 1. The maximum Gasteiger partial charge on any atom is 1.00 e. The maximum atomic E-state index is 10.9. The fraction of sp³-hybridized carbons (Fsp3) is 0.667. The molecule has 0 aromatic rings. The zero-order chi connectivity index (χ0) is 9.56. The average Bonchev–Trinajstić information content (AvgIpc) is 2.04. The summed E-state index contributed by atoms with van der Waals surface area (Å²) in [5.41, 5.74) is 2.20. The molecule has 0 aromatic carbocycles. The molecule has 0 aliphatic heterocycles. The molecule has 6 nitrogen and oxygen atoms in total. The van der Waals surface area contributed by atoms with E-state index >= 15 is 0 Å². The van der Waals surface area contributed by atoms with Crippen LogP contribution in [0, 0.1) is 0 Å². The molecule has 0 aromatic heterocycles. The van der Waals surface area contributed by atoms with Crippen LogP contribution in [0.3, 0.4) is 0 Å². The van der Waals surface area contributed by atoms with Gasteiger partial charge in [-0.05, 0) is 12.8 Å². The smallest absolute Gasteiger partial charge is 0.550 e.